The van der Waals surface area contributed by atoms with Crippen LogP contribution in [0.4, 0.5) is 5.82 Å². The first-order chi connectivity index (χ1) is 15.6. The summed E-state index contributed by atoms with van der Waals surface area (Å²) in [4.78, 5) is 13.6. The third-order valence-corrected chi connectivity index (χ3v) is 5.22. The normalized spacial score (nSPS) is 10.7. The second-order valence-electron chi connectivity index (χ2n) is 6.58. The van der Waals surface area contributed by atoms with Gasteiger partial charge in [-0.2, -0.15) is 4.68 Å². The molecule has 4 N–H and O–H groups in total. The first kappa shape index (κ1) is 21.1. The molecule has 1 amide bonds. The number of anilines is 1. The molecule has 0 saturated carbocycles. The monoisotopic (exact) mass is 452 g/mol. The zero-order valence-electron chi connectivity index (χ0n) is 17.1. The van der Waals surface area contributed by atoms with Gasteiger partial charge in [-0.1, -0.05) is 24.8 Å². The van der Waals surface area contributed by atoms with Crippen LogP contribution in [0.15, 0.2) is 53.0 Å². The predicted molar refractivity (Wildman–Crippen MR) is 119 cm³/mol. The van der Waals surface area contributed by atoms with Gasteiger partial charge in [0.2, 0.25) is 11.6 Å². The van der Waals surface area contributed by atoms with Gasteiger partial charge in [0.25, 0.3) is 5.91 Å². The number of nitrogens with zero attached hydrogens (tertiary/aromatic N) is 5. The minimum absolute atomic E-state index is 0.0255. The van der Waals surface area contributed by atoms with Crippen LogP contribution in [-0.4, -0.2) is 37.8 Å². The van der Waals surface area contributed by atoms with Crippen molar-refractivity contribution in [1.29, 1.82) is 0 Å². The number of aromatic nitrogens is 5. The molecule has 0 saturated heterocycles. The molecule has 3 heterocycles. The molecule has 0 unspecified atom stereocenters. The number of nitrogens with one attached hydrogen (secondary N) is 2. The summed E-state index contributed by atoms with van der Waals surface area (Å²) in [7, 11) is 0. The van der Waals surface area contributed by atoms with E-state index < -0.39 is 5.91 Å². The molecule has 0 fully saturated rings. The minimum Gasteiger partial charge on any atom is -0.494 e. The summed E-state index contributed by atoms with van der Waals surface area (Å²) in [6.45, 7) is 6.65. The van der Waals surface area contributed by atoms with Gasteiger partial charge in [0.1, 0.15) is 11.4 Å². The topological polar surface area (TPSA) is 146 Å². The van der Waals surface area contributed by atoms with Gasteiger partial charge in [-0.3, -0.25) is 15.6 Å². The first-order valence-corrected chi connectivity index (χ1v) is 10.5. The highest BCUT2D eigenvalue weighted by Crippen LogP contribution is 2.29. The molecule has 4 rings (SSSR count). The Hall–Kier alpha value is -4.19. The summed E-state index contributed by atoms with van der Waals surface area (Å²) in [5.74, 6) is 0.421. The van der Waals surface area contributed by atoms with Crippen molar-refractivity contribution in [3.63, 3.8) is 0 Å². The lowest BCUT2D eigenvalue weighted by Crippen LogP contribution is -2.36. The van der Waals surface area contributed by atoms with Crippen molar-refractivity contribution in [2.75, 3.05) is 12.3 Å². The quantitative estimate of drug-likeness (QED) is 0.326. The van der Waals surface area contributed by atoms with Crippen LogP contribution in [0.25, 0.3) is 22.1 Å². The van der Waals surface area contributed by atoms with Gasteiger partial charge in [-0.15, -0.1) is 16.4 Å². The molecule has 0 aliphatic carbocycles. The van der Waals surface area contributed by atoms with Crippen molar-refractivity contribution >= 4 is 28.8 Å². The molecular weight excluding hydrogens is 432 g/mol. The fourth-order valence-electron chi connectivity index (χ4n) is 2.79. The van der Waals surface area contributed by atoms with E-state index in [0.717, 1.165) is 22.6 Å². The molecule has 32 heavy (non-hydrogen) atoms. The Morgan fingerprint density at radius 3 is 2.72 bits per heavy atom. The summed E-state index contributed by atoms with van der Waals surface area (Å²) in [6.07, 6.45) is 0.930. The SMILES string of the molecule is C=C(NNC(=O)c1nnn(-c2nonc2N)c1-c1cccs1)c1ccc(OCCC)cc1. The Bertz CT molecular complexity index is 1210. The highest BCUT2D eigenvalue weighted by molar-refractivity contribution is 7.13. The number of thiophene rings is 1. The van der Waals surface area contributed by atoms with Crippen molar-refractivity contribution in [2.24, 2.45) is 0 Å². The van der Waals surface area contributed by atoms with Gasteiger partial charge in [0.05, 0.1) is 17.2 Å². The number of amides is 1. The highest BCUT2D eigenvalue weighted by Gasteiger charge is 2.25. The second kappa shape index (κ2) is 9.31. The van der Waals surface area contributed by atoms with Crippen LogP contribution in [0.5, 0.6) is 5.75 Å². The standard InChI is InChI=1S/C20H20N8O3S/c1-3-10-30-14-8-6-13(7-9-14)12(2)22-24-20(29)16-17(15-5-4-11-32-15)28(27-23-16)19-18(21)25-31-26-19/h4-9,11,22H,2-3,10H2,1H3,(H2,21,25)(H,24,29). The van der Waals surface area contributed by atoms with Gasteiger partial charge in [-0.05, 0) is 58.0 Å². The molecule has 12 heteroatoms. The number of hydrogen-bond donors (Lipinski definition) is 3. The zero-order chi connectivity index (χ0) is 22.5. The van der Waals surface area contributed by atoms with E-state index in [-0.39, 0.29) is 17.3 Å². The van der Waals surface area contributed by atoms with Crippen molar-refractivity contribution in [2.45, 2.75) is 13.3 Å². The van der Waals surface area contributed by atoms with Gasteiger partial charge in [0, 0.05) is 0 Å². The molecular formula is C20H20N8O3S. The van der Waals surface area contributed by atoms with Crippen LogP contribution in [0.2, 0.25) is 0 Å². The predicted octanol–water partition coefficient (Wildman–Crippen LogP) is 2.66. The highest BCUT2D eigenvalue weighted by atomic mass is 32.1. The smallest absolute Gasteiger partial charge is 0.292 e. The molecule has 11 nitrogen and oxygen atoms in total. The van der Waals surface area contributed by atoms with Crippen LogP contribution in [0.3, 0.4) is 0 Å². The van der Waals surface area contributed by atoms with Crippen LogP contribution < -0.4 is 21.3 Å². The lowest BCUT2D eigenvalue weighted by atomic mass is 10.2. The minimum atomic E-state index is -0.515. The van der Waals surface area contributed by atoms with E-state index in [1.54, 1.807) is 0 Å². The van der Waals surface area contributed by atoms with Gasteiger partial charge in [-0.25, -0.2) is 4.63 Å². The van der Waals surface area contributed by atoms with E-state index in [2.05, 4.69) is 42.7 Å². The molecule has 0 spiro atoms. The van der Waals surface area contributed by atoms with Crippen LogP contribution in [0.1, 0.15) is 29.4 Å². The average molecular weight is 453 g/mol. The van der Waals surface area contributed by atoms with Crippen molar-refractivity contribution in [3.05, 3.63) is 59.6 Å². The van der Waals surface area contributed by atoms with E-state index in [1.807, 2.05) is 48.7 Å². The number of hydrogen-bond acceptors (Lipinski definition) is 10. The summed E-state index contributed by atoms with van der Waals surface area (Å²) in [5, 5.41) is 17.2. The van der Waals surface area contributed by atoms with Crippen molar-refractivity contribution < 1.29 is 14.2 Å². The molecule has 164 valence electrons. The van der Waals surface area contributed by atoms with Crippen LogP contribution in [0, 0.1) is 0 Å². The molecule has 0 bridgehead atoms. The maximum atomic E-state index is 12.9. The van der Waals surface area contributed by atoms with E-state index in [9.17, 15) is 4.79 Å². The Morgan fingerprint density at radius 1 is 1.25 bits per heavy atom. The van der Waals surface area contributed by atoms with Gasteiger partial charge >= 0.3 is 0 Å². The Balaban J connectivity index is 1.51. The van der Waals surface area contributed by atoms with E-state index in [0.29, 0.717) is 18.0 Å². The van der Waals surface area contributed by atoms with E-state index in [4.69, 9.17) is 10.5 Å². The maximum absolute atomic E-state index is 12.9. The molecule has 0 radical (unpaired) electrons. The molecule has 1 aromatic carbocycles. The second-order valence-corrected chi connectivity index (χ2v) is 7.53. The Morgan fingerprint density at radius 2 is 2.06 bits per heavy atom. The van der Waals surface area contributed by atoms with Crippen LogP contribution in [-0.2, 0) is 0 Å². The summed E-state index contributed by atoms with van der Waals surface area (Å²) in [6, 6.07) is 11.1. The van der Waals surface area contributed by atoms with E-state index in [1.165, 1.54) is 16.0 Å². The number of rotatable bonds is 9. The van der Waals surface area contributed by atoms with Gasteiger partial charge in [0.15, 0.2) is 5.69 Å². The van der Waals surface area contributed by atoms with Crippen LogP contribution >= 0.6 is 11.3 Å². The lowest BCUT2D eigenvalue weighted by Gasteiger charge is -2.12. The summed E-state index contributed by atoms with van der Waals surface area (Å²) in [5.41, 5.74) is 13.0. The number of hydrazine groups is 1. The third-order valence-electron chi connectivity index (χ3n) is 4.34. The maximum Gasteiger partial charge on any atom is 0.292 e. The number of carbonyl (C=O) groups excluding carboxylic acids is 1. The largest absolute Gasteiger partial charge is 0.494 e. The lowest BCUT2D eigenvalue weighted by molar-refractivity contribution is 0.0938. The van der Waals surface area contributed by atoms with Gasteiger partial charge < -0.3 is 10.5 Å². The Kier molecular flexibility index (Phi) is 6.12. The fraction of sp³-hybridized carbons (Fsp3) is 0.150. The molecule has 4 aromatic rings. The zero-order valence-corrected chi connectivity index (χ0v) is 17.9. The molecule has 0 atom stereocenters. The molecule has 0 aliphatic heterocycles. The first-order valence-electron chi connectivity index (χ1n) is 9.65. The number of nitrogens with two attached hydrogens (primary N) is 1. The third kappa shape index (κ3) is 4.30. The van der Waals surface area contributed by atoms with Crippen molar-refractivity contribution in [1.82, 2.24) is 36.2 Å². The number of carbonyl (C=O) groups is 1. The van der Waals surface area contributed by atoms with E-state index >= 15 is 0 Å². The average Bonchev–Trinajstić information content (AvgIpc) is 3.56. The molecule has 0 aliphatic rings. The number of nitrogen functional groups attached to an aromatic ring is 1. The number of ether oxygens (including phenoxy) is 1. The number of benzene rings is 1. The Labute approximate surface area is 186 Å². The summed E-state index contributed by atoms with van der Waals surface area (Å²) < 4.78 is 11.5. The fourth-order valence-corrected chi connectivity index (χ4v) is 3.55. The summed E-state index contributed by atoms with van der Waals surface area (Å²) >= 11 is 1.41. The van der Waals surface area contributed by atoms with Crippen molar-refractivity contribution in [3.8, 4) is 22.1 Å². The molecule has 3 aromatic heterocycles.